The van der Waals surface area contributed by atoms with Gasteiger partial charge in [-0.3, -0.25) is 9.97 Å². The molecule has 13 rings (SSSR count). The molecule has 9 aromatic carbocycles. The fourth-order valence-electron chi connectivity index (χ4n) is 11.5. The van der Waals surface area contributed by atoms with E-state index in [-0.39, 0.29) is 10.8 Å². The summed E-state index contributed by atoms with van der Waals surface area (Å²) in [6.45, 7) is 9.51. The van der Waals surface area contributed by atoms with E-state index in [1.165, 1.54) is 98.7 Å². The quantitative estimate of drug-likeness (QED) is 0.165. The smallest absolute Gasteiger partial charge is 0.0714 e. The fourth-order valence-corrected chi connectivity index (χ4v) is 11.5. The standard InChI is InChI=1S/C62H44N2/c1-61(2)53-25-11-9-21-45(53)47-31-49-51(33-55(47)61)60(58-30-28-40(36-64-58)44-24-14-18-38-16-6-8-20-42(38)44)52-34-56-48(46-22-10-12-26-54(46)62(56,3)4)32-50(52)59(49)57-29-27-39(35-63-57)43-23-13-17-37-15-5-7-19-41(37)43/h5-36H,1-4H3. The van der Waals surface area contributed by atoms with Crippen molar-refractivity contribution < 1.29 is 0 Å². The summed E-state index contributed by atoms with van der Waals surface area (Å²) in [4.78, 5) is 10.9. The lowest BCUT2D eigenvalue weighted by atomic mass is 9.78. The van der Waals surface area contributed by atoms with Crippen LogP contribution in [0.25, 0.3) is 110 Å². The maximum atomic E-state index is 5.43. The minimum Gasteiger partial charge on any atom is -0.256 e. The zero-order chi connectivity index (χ0) is 42.9. The first-order chi connectivity index (χ1) is 31.3. The topological polar surface area (TPSA) is 25.8 Å². The average Bonchev–Trinajstić information content (AvgIpc) is 3.70. The maximum absolute atomic E-state index is 5.43. The van der Waals surface area contributed by atoms with Gasteiger partial charge in [-0.15, -0.1) is 0 Å². The number of hydrogen-bond acceptors (Lipinski definition) is 2. The zero-order valence-corrected chi connectivity index (χ0v) is 36.4. The first-order valence-corrected chi connectivity index (χ1v) is 22.5. The predicted octanol–water partition coefficient (Wildman–Crippen LogP) is 16.4. The molecule has 0 aliphatic heterocycles. The van der Waals surface area contributed by atoms with Crippen LogP contribution in [0.3, 0.4) is 0 Å². The molecule has 302 valence electrons. The third-order valence-corrected chi connectivity index (χ3v) is 14.8. The Morgan fingerprint density at radius 2 is 0.672 bits per heavy atom. The fraction of sp³-hybridized carbons (Fsp3) is 0.0968. The van der Waals surface area contributed by atoms with Crippen LogP contribution in [0, 0.1) is 0 Å². The molecule has 64 heavy (non-hydrogen) atoms. The summed E-state index contributed by atoms with van der Waals surface area (Å²) < 4.78 is 0. The Hall–Kier alpha value is -7.68. The van der Waals surface area contributed by atoms with Gasteiger partial charge in [-0.1, -0.05) is 173 Å². The van der Waals surface area contributed by atoms with E-state index in [9.17, 15) is 0 Å². The van der Waals surface area contributed by atoms with Crippen LogP contribution in [0.2, 0.25) is 0 Å². The highest BCUT2D eigenvalue weighted by Gasteiger charge is 2.38. The van der Waals surface area contributed by atoms with Gasteiger partial charge in [0, 0.05) is 45.5 Å². The lowest BCUT2D eigenvalue weighted by Gasteiger charge is -2.25. The van der Waals surface area contributed by atoms with Gasteiger partial charge in [-0.25, -0.2) is 0 Å². The number of aromatic nitrogens is 2. The van der Waals surface area contributed by atoms with Crippen LogP contribution in [0.5, 0.6) is 0 Å². The molecule has 0 saturated carbocycles. The first-order valence-electron chi connectivity index (χ1n) is 22.5. The number of nitrogens with zero attached hydrogens (tertiary/aromatic N) is 2. The largest absolute Gasteiger partial charge is 0.256 e. The average molecular weight is 817 g/mol. The van der Waals surface area contributed by atoms with Gasteiger partial charge < -0.3 is 0 Å². The third kappa shape index (κ3) is 5.20. The molecule has 2 aliphatic rings. The van der Waals surface area contributed by atoms with E-state index in [0.717, 1.165) is 33.6 Å². The molecule has 2 nitrogen and oxygen atoms in total. The Bertz CT molecular complexity index is 3620. The third-order valence-electron chi connectivity index (χ3n) is 14.8. The van der Waals surface area contributed by atoms with E-state index in [4.69, 9.17) is 9.97 Å². The molecule has 2 heterocycles. The summed E-state index contributed by atoms with van der Waals surface area (Å²) in [5.41, 5.74) is 19.1. The number of benzene rings is 9. The van der Waals surface area contributed by atoms with E-state index in [0.29, 0.717) is 0 Å². The summed E-state index contributed by atoms with van der Waals surface area (Å²) >= 11 is 0. The normalized spacial score (nSPS) is 14.2. The van der Waals surface area contributed by atoms with Crippen LogP contribution in [0.4, 0.5) is 0 Å². The van der Waals surface area contributed by atoms with E-state index in [1.807, 2.05) is 0 Å². The van der Waals surface area contributed by atoms with Gasteiger partial charge >= 0.3 is 0 Å². The number of hydrogen-bond donors (Lipinski definition) is 0. The Kier molecular flexibility index (Phi) is 7.74. The summed E-state index contributed by atoms with van der Waals surface area (Å²) in [6.07, 6.45) is 4.16. The second-order valence-corrected chi connectivity index (χ2v) is 18.9. The van der Waals surface area contributed by atoms with Crippen molar-refractivity contribution in [3.05, 3.63) is 217 Å². The Balaban J connectivity index is 1.13. The minimum absolute atomic E-state index is 0.182. The lowest BCUT2D eigenvalue weighted by molar-refractivity contribution is 0.661. The van der Waals surface area contributed by atoms with E-state index in [2.05, 4.69) is 222 Å². The van der Waals surface area contributed by atoms with Crippen LogP contribution in [-0.2, 0) is 10.8 Å². The van der Waals surface area contributed by atoms with Crippen molar-refractivity contribution in [3.8, 4) is 67.0 Å². The molecule has 0 saturated heterocycles. The molecule has 11 aromatic rings. The molecule has 0 bridgehead atoms. The molecule has 0 fully saturated rings. The highest BCUT2D eigenvalue weighted by Crippen LogP contribution is 2.56. The first kappa shape index (κ1) is 36.9. The second kappa shape index (κ2) is 13.4. The van der Waals surface area contributed by atoms with Crippen LogP contribution < -0.4 is 0 Å². The predicted molar refractivity (Wildman–Crippen MR) is 269 cm³/mol. The Morgan fingerprint density at radius 3 is 1.11 bits per heavy atom. The van der Waals surface area contributed by atoms with Crippen LogP contribution in [-0.4, -0.2) is 9.97 Å². The molecule has 0 unspecified atom stereocenters. The minimum atomic E-state index is -0.182. The molecule has 0 spiro atoms. The summed E-state index contributed by atoms with van der Waals surface area (Å²) in [6, 6.07) is 67.3. The van der Waals surface area contributed by atoms with Crippen LogP contribution >= 0.6 is 0 Å². The monoisotopic (exact) mass is 816 g/mol. The summed E-state index contributed by atoms with van der Waals surface area (Å²) in [5.74, 6) is 0. The SMILES string of the molecule is CC1(C)c2ccccc2-c2cc3c(-c4ccc(-c5cccc6ccccc56)cn4)c4cc5c(cc4c(-c4ccc(-c6cccc7ccccc67)cn4)c3cc21)C(C)(C)c1ccccc1-5. The highest BCUT2D eigenvalue weighted by atomic mass is 14.7. The van der Waals surface area contributed by atoms with Gasteiger partial charge in [-0.05, 0) is 135 Å². The van der Waals surface area contributed by atoms with Crippen molar-refractivity contribution in [2.75, 3.05) is 0 Å². The molecule has 0 N–H and O–H groups in total. The zero-order valence-electron chi connectivity index (χ0n) is 36.4. The summed E-state index contributed by atoms with van der Waals surface area (Å²) in [5, 5.41) is 9.67. The van der Waals surface area contributed by atoms with Gasteiger partial charge in [0.1, 0.15) is 0 Å². The second-order valence-electron chi connectivity index (χ2n) is 18.9. The maximum Gasteiger partial charge on any atom is 0.0714 e. The number of rotatable bonds is 4. The van der Waals surface area contributed by atoms with Gasteiger partial charge in [0.25, 0.3) is 0 Å². The molecule has 2 aliphatic carbocycles. The van der Waals surface area contributed by atoms with E-state index < -0.39 is 0 Å². The van der Waals surface area contributed by atoms with Crippen molar-refractivity contribution in [2.45, 2.75) is 38.5 Å². The van der Waals surface area contributed by atoms with Crippen molar-refractivity contribution in [1.29, 1.82) is 0 Å². The molecule has 2 heteroatoms. The van der Waals surface area contributed by atoms with Crippen molar-refractivity contribution in [3.63, 3.8) is 0 Å². The summed E-state index contributed by atoms with van der Waals surface area (Å²) in [7, 11) is 0. The Morgan fingerprint density at radius 1 is 0.297 bits per heavy atom. The van der Waals surface area contributed by atoms with Gasteiger partial charge in [-0.2, -0.15) is 0 Å². The van der Waals surface area contributed by atoms with Gasteiger partial charge in [0.05, 0.1) is 11.4 Å². The number of pyridine rings is 2. The van der Waals surface area contributed by atoms with Crippen LogP contribution in [0.1, 0.15) is 49.9 Å². The molecule has 2 aromatic heterocycles. The number of fused-ring (bicyclic) bond motifs is 10. The lowest BCUT2D eigenvalue weighted by Crippen LogP contribution is -2.15. The highest BCUT2D eigenvalue weighted by molar-refractivity contribution is 6.23. The van der Waals surface area contributed by atoms with Crippen molar-refractivity contribution >= 4 is 43.1 Å². The van der Waals surface area contributed by atoms with Crippen molar-refractivity contribution in [2.24, 2.45) is 0 Å². The van der Waals surface area contributed by atoms with Crippen LogP contribution in [0.15, 0.2) is 194 Å². The molecular weight excluding hydrogens is 773 g/mol. The molecule has 0 amide bonds. The Labute approximate surface area is 373 Å². The van der Waals surface area contributed by atoms with Gasteiger partial charge in [0.2, 0.25) is 0 Å². The van der Waals surface area contributed by atoms with Crippen molar-refractivity contribution in [1.82, 2.24) is 9.97 Å². The van der Waals surface area contributed by atoms with E-state index >= 15 is 0 Å². The molecule has 0 radical (unpaired) electrons. The molecule has 0 atom stereocenters. The molecular formula is C62H44N2. The van der Waals surface area contributed by atoms with Gasteiger partial charge in [0.15, 0.2) is 0 Å². The van der Waals surface area contributed by atoms with E-state index in [1.54, 1.807) is 0 Å².